The molecule has 0 radical (unpaired) electrons. The summed E-state index contributed by atoms with van der Waals surface area (Å²) in [5.41, 5.74) is 6.17. The molecule has 0 saturated heterocycles. The molecule has 6 nitrogen and oxygen atoms in total. The van der Waals surface area contributed by atoms with Crippen molar-refractivity contribution < 1.29 is 14.0 Å². The van der Waals surface area contributed by atoms with Crippen molar-refractivity contribution in [3.8, 4) is 0 Å². The molecule has 2 heterocycles. The van der Waals surface area contributed by atoms with Crippen molar-refractivity contribution >= 4 is 29.0 Å². The molecule has 3 N–H and O–H groups in total. The lowest BCUT2D eigenvalue weighted by molar-refractivity contribution is -0.115. The highest BCUT2D eigenvalue weighted by atomic mass is 19.1. The Balaban J connectivity index is 2.06. The van der Waals surface area contributed by atoms with Crippen LogP contribution < -0.4 is 16.0 Å². The number of halogens is 1. The molecule has 2 amide bonds. The molecule has 0 atom stereocenters. The van der Waals surface area contributed by atoms with Gasteiger partial charge >= 0.3 is 0 Å². The Labute approximate surface area is 119 Å². The summed E-state index contributed by atoms with van der Waals surface area (Å²) in [4.78, 5) is 29.0. The first-order chi connectivity index (χ1) is 10.1. The zero-order valence-electron chi connectivity index (χ0n) is 10.8. The lowest BCUT2D eigenvalue weighted by atomic mass is 10.1. The predicted octanol–water partition coefficient (Wildman–Crippen LogP) is 1.40. The van der Waals surface area contributed by atoms with E-state index in [0.29, 0.717) is 11.4 Å². The second-order valence-electron chi connectivity index (χ2n) is 4.51. The smallest absolute Gasteiger partial charge is 0.261 e. The van der Waals surface area contributed by atoms with Crippen LogP contribution in [0.25, 0.3) is 0 Å². The van der Waals surface area contributed by atoms with E-state index < -0.39 is 11.7 Å². The van der Waals surface area contributed by atoms with Crippen molar-refractivity contribution in [3.63, 3.8) is 0 Å². The van der Waals surface area contributed by atoms with Gasteiger partial charge in [-0.25, -0.2) is 9.37 Å². The molecule has 0 spiro atoms. The molecule has 0 aliphatic carbocycles. The van der Waals surface area contributed by atoms with Gasteiger partial charge in [0.2, 0.25) is 5.91 Å². The molecule has 1 aliphatic rings. The SMILES string of the molecule is Nc1nccc(C(=O)N2CC(=O)Nc3ccccc32)c1F. The van der Waals surface area contributed by atoms with Crippen LogP contribution in [0.15, 0.2) is 36.5 Å². The Bertz CT molecular complexity index is 748. The Hall–Kier alpha value is -2.96. The second kappa shape index (κ2) is 4.86. The molecule has 2 aromatic rings. The number of fused-ring (bicyclic) bond motifs is 1. The van der Waals surface area contributed by atoms with Gasteiger partial charge in [-0.15, -0.1) is 0 Å². The molecule has 1 aromatic carbocycles. The number of hydrogen-bond acceptors (Lipinski definition) is 4. The number of carbonyl (C=O) groups excluding carboxylic acids is 2. The normalized spacial score (nSPS) is 13.6. The number of para-hydroxylation sites is 2. The van der Waals surface area contributed by atoms with Gasteiger partial charge < -0.3 is 11.1 Å². The van der Waals surface area contributed by atoms with Gasteiger partial charge in [0.15, 0.2) is 11.6 Å². The van der Waals surface area contributed by atoms with E-state index in [4.69, 9.17) is 5.73 Å². The summed E-state index contributed by atoms with van der Waals surface area (Å²) in [7, 11) is 0. The minimum Gasteiger partial charge on any atom is -0.381 e. The van der Waals surface area contributed by atoms with Crippen LogP contribution in [0.5, 0.6) is 0 Å². The van der Waals surface area contributed by atoms with Crippen LogP contribution in [0.1, 0.15) is 10.4 Å². The predicted molar refractivity (Wildman–Crippen MR) is 75.4 cm³/mol. The third-order valence-electron chi connectivity index (χ3n) is 3.16. The Morgan fingerprint density at radius 2 is 2.10 bits per heavy atom. The number of aromatic nitrogens is 1. The van der Waals surface area contributed by atoms with E-state index in [1.165, 1.54) is 17.2 Å². The summed E-state index contributed by atoms with van der Waals surface area (Å²) in [5, 5.41) is 2.66. The van der Waals surface area contributed by atoms with E-state index in [9.17, 15) is 14.0 Å². The maximum atomic E-state index is 13.9. The van der Waals surface area contributed by atoms with Crippen molar-refractivity contribution in [2.45, 2.75) is 0 Å². The molecule has 1 aliphatic heterocycles. The first-order valence-corrected chi connectivity index (χ1v) is 6.18. The van der Waals surface area contributed by atoms with Crippen molar-refractivity contribution in [3.05, 3.63) is 47.9 Å². The first-order valence-electron chi connectivity index (χ1n) is 6.18. The number of anilines is 3. The number of hydrogen-bond donors (Lipinski definition) is 2. The third kappa shape index (κ3) is 2.18. The number of nitrogens with two attached hydrogens (primary N) is 1. The van der Waals surface area contributed by atoms with E-state index in [-0.39, 0.29) is 23.8 Å². The summed E-state index contributed by atoms with van der Waals surface area (Å²) >= 11 is 0. The highest BCUT2D eigenvalue weighted by Gasteiger charge is 2.29. The summed E-state index contributed by atoms with van der Waals surface area (Å²) in [5.74, 6) is -2.21. The lowest BCUT2D eigenvalue weighted by Gasteiger charge is -2.29. The number of carbonyl (C=O) groups is 2. The first kappa shape index (κ1) is 13.0. The summed E-state index contributed by atoms with van der Waals surface area (Å²) in [6.07, 6.45) is 1.25. The summed E-state index contributed by atoms with van der Waals surface area (Å²) < 4.78 is 13.9. The number of nitrogen functional groups attached to an aromatic ring is 1. The molecular weight excluding hydrogens is 275 g/mol. The van der Waals surface area contributed by atoms with Gasteiger partial charge in [0, 0.05) is 6.20 Å². The Morgan fingerprint density at radius 3 is 2.90 bits per heavy atom. The maximum Gasteiger partial charge on any atom is 0.261 e. The quantitative estimate of drug-likeness (QED) is 0.829. The van der Waals surface area contributed by atoms with Crippen molar-refractivity contribution in [1.29, 1.82) is 0 Å². The van der Waals surface area contributed by atoms with Crippen molar-refractivity contribution in [1.82, 2.24) is 4.98 Å². The topological polar surface area (TPSA) is 88.3 Å². The average molecular weight is 286 g/mol. The van der Waals surface area contributed by atoms with Crippen LogP contribution in [-0.2, 0) is 4.79 Å². The fourth-order valence-electron chi connectivity index (χ4n) is 2.18. The fourth-order valence-corrected chi connectivity index (χ4v) is 2.18. The van der Waals surface area contributed by atoms with E-state index in [2.05, 4.69) is 10.3 Å². The highest BCUT2D eigenvalue weighted by molar-refractivity contribution is 6.15. The monoisotopic (exact) mass is 286 g/mol. The summed E-state index contributed by atoms with van der Waals surface area (Å²) in [6, 6.07) is 8.05. The molecule has 21 heavy (non-hydrogen) atoms. The maximum absolute atomic E-state index is 13.9. The molecule has 106 valence electrons. The van der Waals surface area contributed by atoms with E-state index in [1.54, 1.807) is 24.3 Å². The molecule has 0 unspecified atom stereocenters. The summed E-state index contributed by atoms with van der Waals surface area (Å²) in [6.45, 7) is -0.183. The van der Waals surface area contributed by atoms with Gasteiger partial charge in [0.05, 0.1) is 16.9 Å². The molecule has 1 aromatic heterocycles. The minimum atomic E-state index is -0.883. The van der Waals surface area contributed by atoms with Crippen molar-refractivity contribution in [2.24, 2.45) is 0 Å². The van der Waals surface area contributed by atoms with Gasteiger partial charge in [-0.3, -0.25) is 14.5 Å². The van der Waals surface area contributed by atoms with Gasteiger partial charge in [0.1, 0.15) is 6.54 Å². The third-order valence-corrected chi connectivity index (χ3v) is 3.16. The average Bonchev–Trinajstić information content (AvgIpc) is 2.48. The number of pyridine rings is 1. The van der Waals surface area contributed by atoms with Gasteiger partial charge in [-0.05, 0) is 18.2 Å². The molecular formula is C14H11FN4O2. The van der Waals surface area contributed by atoms with Crippen LogP contribution in [0.3, 0.4) is 0 Å². The molecule has 7 heteroatoms. The molecule has 0 saturated carbocycles. The molecule has 0 bridgehead atoms. The number of benzene rings is 1. The number of amides is 2. The fraction of sp³-hybridized carbons (Fsp3) is 0.0714. The van der Waals surface area contributed by atoms with E-state index in [0.717, 1.165) is 0 Å². The largest absolute Gasteiger partial charge is 0.381 e. The van der Waals surface area contributed by atoms with Crippen LogP contribution in [0.2, 0.25) is 0 Å². The second-order valence-corrected chi connectivity index (χ2v) is 4.51. The Kier molecular flexibility index (Phi) is 3.02. The van der Waals surface area contributed by atoms with Gasteiger partial charge in [-0.2, -0.15) is 0 Å². The van der Waals surface area contributed by atoms with E-state index in [1.807, 2.05) is 0 Å². The number of rotatable bonds is 1. The van der Waals surface area contributed by atoms with Crippen LogP contribution >= 0.6 is 0 Å². The van der Waals surface area contributed by atoms with Crippen LogP contribution in [-0.4, -0.2) is 23.3 Å². The zero-order valence-corrected chi connectivity index (χ0v) is 10.8. The number of nitrogens with one attached hydrogen (secondary N) is 1. The van der Waals surface area contributed by atoms with Gasteiger partial charge in [0.25, 0.3) is 5.91 Å². The van der Waals surface area contributed by atoms with E-state index >= 15 is 0 Å². The lowest BCUT2D eigenvalue weighted by Crippen LogP contribution is -2.42. The van der Waals surface area contributed by atoms with Crippen LogP contribution in [0, 0.1) is 5.82 Å². The van der Waals surface area contributed by atoms with Crippen molar-refractivity contribution in [2.75, 3.05) is 22.5 Å². The molecule has 3 rings (SSSR count). The highest BCUT2D eigenvalue weighted by Crippen LogP contribution is 2.30. The molecule has 0 fully saturated rings. The number of nitrogens with zero attached hydrogens (tertiary/aromatic N) is 2. The minimum absolute atomic E-state index is 0.183. The Morgan fingerprint density at radius 1 is 1.33 bits per heavy atom. The van der Waals surface area contributed by atoms with Gasteiger partial charge in [-0.1, -0.05) is 12.1 Å². The standard InChI is InChI=1S/C14H11FN4O2/c15-12-8(5-6-17-13(12)16)14(21)19-7-11(20)18-9-3-1-2-4-10(9)19/h1-6H,7H2,(H2,16,17)(H,18,20). The van der Waals surface area contributed by atoms with Crippen LogP contribution in [0.4, 0.5) is 21.6 Å². The zero-order chi connectivity index (χ0) is 15.0.